The van der Waals surface area contributed by atoms with Gasteiger partial charge < -0.3 is 5.32 Å². The average Bonchev–Trinajstić information content (AvgIpc) is 2.70. The molecular formula is C15H21N3. The van der Waals surface area contributed by atoms with Crippen molar-refractivity contribution in [1.29, 1.82) is 0 Å². The second kappa shape index (κ2) is 5.25. The van der Waals surface area contributed by atoms with Gasteiger partial charge in [0.1, 0.15) is 0 Å². The Morgan fingerprint density at radius 1 is 1.22 bits per heavy atom. The van der Waals surface area contributed by atoms with Gasteiger partial charge in [-0.2, -0.15) is 5.10 Å². The molecule has 3 heteroatoms. The Labute approximate surface area is 109 Å². The number of rotatable bonds is 4. The van der Waals surface area contributed by atoms with Crippen LogP contribution in [0.1, 0.15) is 36.6 Å². The summed E-state index contributed by atoms with van der Waals surface area (Å²) in [7, 11) is 1.97. The molecule has 1 N–H and O–H groups in total. The van der Waals surface area contributed by atoms with Gasteiger partial charge in [-0.1, -0.05) is 31.5 Å². The third kappa shape index (κ3) is 2.92. The maximum absolute atomic E-state index is 4.51. The normalized spacial score (nSPS) is 10.9. The van der Waals surface area contributed by atoms with Gasteiger partial charge in [-0.15, -0.1) is 0 Å². The van der Waals surface area contributed by atoms with E-state index in [0.29, 0.717) is 5.92 Å². The fourth-order valence-electron chi connectivity index (χ4n) is 2.05. The van der Waals surface area contributed by atoms with Crippen molar-refractivity contribution >= 4 is 5.69 Å². The highest BCUT2D eigenvalue weighted by Gasteiger charge is 2.10. The van der Waals surface area contributed by atoms with Gasteiger partial charge in [-0.25, -0.2) is 0 Å². The predicted molar refractivity (Wildman–Crippen MR) is 75.8 cm³/mol. The van der Waals surface area contributed by atoms with Gasteiger partial charge in [0.2, 0.25) is 0 Å². The minimum Gasteiger partial charge on any atom is -0.381 e. The third-order valence-corrected chi connectivity index (χ3v) is 3.02. The molecule has 2 rings (SSSR count). The van der Waals surface area contributed by atoms with E-state index in [4.69, 9.17) is 0 Å². The van der Waals surface area contributed by atoms with Crippen LogP contribution in [0.2, 0.25) is 0 Å². The standard InChI is InChI=1S/C15H21N3/c1-11(2)15-13(10-18(4)17-15)9-16-14-7-5-12(3)6-8-14/h5-8,10-11,16H,9H2,1-4H3. The largest absolute Gasteiger partial charge is 0.381 e. The number of aryl methyl sites for hydroxylation is 2. The van der Waals surface area contributed by atoms with Crippen molar-refractivity contribution in [2.45, 2.75) is 33.2 Å². The summed E-state index contributed by atoms with van der Waals surface area (Å²) >= 11 is 0. The zero-order valence-corrected chi connectivity index (χ0v) is 11.6. The first kappa shape index (κ1) is 12.7. The summed E-state index contributed by atoms with van der Waals surface area (Å²) in [6, 6.07) is 8.46. The molecule has 0 atom stereocenters. The van der Waals surface area contributed by atoms with Crippen molar-refractivity contribution in [3.63, 3.8) is 0 Å². The van der Waals surface area contributed by atoms with E-state index in [1.807, 2.05) is 11.7 Å². The lowest BCUT2D eigenvalue weighted by molar-refractivity contribution is 0.712. The lowest BCUT2D eigenvalue weighted by Gasteiger charge is -2.08. The Balaban J connectivity index is 2.08. The van der Waals surface area contributed by atoms with Gasteiger partial charge in [-0.3, -0.25) is 4.68 Å². The van der Waals surface area contributed by atoms with E-state index in [9.17, 15) is 0 Å². The number of nitrogens with zero attached hydrogens (tertiary/aromatic N) is 2. The van der Waals surface area contributed by atoms with Crippen LogP contribution in [0.15, 0.2) is 30.5 Å². The van der Waals surface area contributed by atoms with E-state index < -0.39 is 0 Å². The molecule has 0 spiro atoms. The molecule has 0 bridgehead atoms. The van der Waals surface area contributed by atoms with E-state index in [1.54, 1.807) is 0 Å². The van der Waals surface area contributed by atoms with Gasteiger partial charge in [-0.05, 0) is 25.0 Å². The van der Waals surface area contributed by atoms with Crippen LogP contribution in [0.4, 0.5) is 5.69 Å². The van der Waals surface area contributed by atoms with Crippen LogP contribution in [0.5, 0.6) is 0 Å². The number of benzene rings is 1. The number of hydrogen-bond acceptors (Lipinski definition) is 2. The molecule has 1 heterocycles. The number of aromatic nitrogens is 2. The van der Waals surface area contributed by atoms with Crippen molar-refractivity contribution < 1.29 is 0 Å². The molecule has 96 valence electrons. The Hall–Kier alpha value is -1.77. The summed E-state index contributed by atoms with van der Waals surface area (Å²) in [4.78, 5) is 0. The predicted octanol–water partition coefficient (Wildman–Crippen LogP) is 3.46. The molecule has 0 fully saturated rings. The molecule has 2 aromatic rings. The average molecular weight is 243 g/mol. The molecular weight excluding hydrogens is 222 g/mol. The van der Waals surface area contributed by atoms with Crippen LogP contribution in [-0.2, 0) is 13.6 Å². The van der Waals surface area contributed by atoms with Gasteiger partial charge >= 0.3 is 0 Å². The van der Waals surface area contributed by atoms with Crippen LogP contribution >= 0.6 is 0 Å². The van der Waals surface area contributed by atoms with Crippen molar-refractivity contribution in [3.05, 3.63) is 47.3 Å². The quantitative estimate of drug-likeness (QED) is 0.891. The van der Waals surface area contributed by atoms with E-state index in [1.165, 1.54) is 16.8 Å². The minimum absolute atomic E-state index is 0.459. The lowest BCUT2D eigenvalue weighted by atomic mass is 10.1. The van der Waals surface area contributed by atoms with Crippen LogP contribution in [-0.4, -0.2) is 9.78 Å². The highest BCUT2D eigenvalue weighted by molar-refractivity contribution is 5.45. The fraction of sp³-hybridized carbons (Fsp3) is 0.400. The SMILES string of the molecule is Cc1ccc(NCc2cn(C)nc2C(C)C)cc1. The first-order chi connectivity index (χ1) is 8.56. The van der Waals surface area contributed by atoms with Crippen molar-refractivity contribution in [2.75, 3.05) is 5.32 Å². The summed E-state index contributed by atoms with van der Waals surface area (Å²) in [6.07, 6.45) is 2.09. The van der Waals surface area contributed by atoms with Crippen LogP contribution in [0, 0.1) is 6.92 Å². The third-order valence-electron chi connectivity index (χ3n) is 3.02. The van der Waals surface area contributed by atoms with Crippen LogP contribution in [0.3, 0.4) is 0 Å². The second-order valence-electron chi connectivity index (χ2n) is 5.09. The number of anilines is 1. The zero-order chi connectivity index (χ0) is 13.1. The molecule has 0 amide bonds. The molecule has 0 aliphatic rings. The smallest absolute Gasteiger partial charge is 0.0699 e. The monoisotopic (exact) mass is 243 g/mol. The summed E-state index contributed by atoms with van der Waals surface area (Å²) in [5.41, 5.74) is 4.88. The lowest BCUT2D eigenvalue weighted by Crippen LogP contribution is -2.02. The Morgan fingerprint density at radius 2 is 1.89 bits per heavy atom. The van der Waals surface area contributed by atoms with Crippen molar-refractivity contribution in [2.24, 2.45) is 7.05 Å². The highest BCUT2D eigenvalue weighted by atomic mass is 15.3. The van der Waals surface area contributed by atoms with Crippen LogP contribution < -0.4 is 5.32 Å². The topological polar surface area (TPSA) is 29.9 Å². The Morgan fingerprint density at radius 3 is 2.50 bits per heavy atom. The van der Waals surface area contributed by atoms with Gasteiger partial charge in [0.05, 0.1) is 5.69 Å². The molecule has 0 unspecified atom stereocenters. The van der Waals surface area contributed by atoms with Crippen molar-refractivity contribution in [3.8, 4) is 0 Å². The molecule has 18 heavy (non-hydrogen) atoms. The van der Waals surface area contributed by atoms with Crippen LogP contribution in [0.25, 0.3) is 0 Å². The molecule has 3 nitrogen and oxygen atoms in total. The first-order valence-corrected chi connectivity index (χ1v) is 6.39. The Kier molecular flexibility index (Phi) is 3.70. The first-order valence-electron chi connectivity index (χ1n) is 6.39. The molecule has 0 aliphatic heterocycles. The fourth-order valence-corrected chi connectivity index (χ4v) is 2.05. The van der Waals surface area contributed by atoms with Crippen molar-refractivity contribution in [1.82, 2.24) is 9.78 Å². The van der Waals surface area contributed by atoms with Gasteiger partial charge in [0, 0.05) is 31.0 Å². The molecule has 0 saturated heterocycles. The Bertz CT molecular complexity index is 509. The maximum atomic E-state index is 4.51. The molecule has 0 saturated carbocycles. The maximum Gasteiger partial charge on any atom is 0.0699 e. The van der Waals surface area contributed by atoms with E-state index >= 15 is 0 Å². The summed E-state index contributed by atoms with van der Waals surface area (Å²) < 4.78 is 1.89. The minimum atomic E-state index is 0.459. The highest BCUT2D eigenvalue weighted by Crippen LogP contribution is 2.18. The van der Waals surface area contributed by atoms with Gasteiger partial charge in [0.25, 0.3) is 0 Å². The number of nitrogens with one attached hydrogen (secondary N) is 1. The number of hydrogen-bond donors (Lipinski definition) is 1. The molecule has 1 aromatic heterocycles. The molecule has 1 aromatic carbocycles. The van der Waals surface area contributed by atoms with E-state index in [-0.39, 0.29) is 0 Å². The van der Waals surface area contributed by atoms with Gasteiger partial charge in [0.15, 0.2) is 0 Å². The summed E-state index contributed by atoms with van der Waals surface area (Å²) in [5.74, 6) is 0.459. The second-order valence-corrected chi connectivity index (χ2v) is 5.09. The zero-order valence-electron chi connectivity index (χ0n) is 11.6. The van der Waals surface area contributed by atoms with E-state index in [0.717, 1.165) is 12.2 Å². The molecule has 0 radical (unpaired) electrons. The van der Waals surface area contributed by atoms with E-state index in [2.05, 4.69) is 61.6 Å². The summed E-state index contributed by atoms with van der Waals surface area (Å²) in [6.45, 7) is 7.28. The summed E-state index contributed by atoms with van der Waals surface area (Å²) in [5, 5.41) is 7.96. The molecule has 0 aliphatic carbocycles.